The molecule has 0 bridgehead atoms. The average molecular weight is 267 g/mol. The molecule has 0 saturated carbocycles. The van der Waals surface area contributed by atoms with Crippen LogP contribution in [0.4, 0.5) is 0 Å². The third-order valence-electron chi connectivity index (χ3n) is 3.79. The molecule has 0 fully saturated rings. The Morgan fingerprint density at radius 3 is 2.15 bits per heavy atom. The van der Waals surface area contributed by atoms with Crippen molar-refractivity contribution in [2.24, 2.45) is 0 Å². The summed E-state index contributed by atoms with van der Waals surface area (Å²) < 4.78 is 5.71. The van der Waals surface area contributed by atoms with Gasteiger partial charge in [-0.15, -0.1) is 0 Å². The van der Waals surface area contributed by atoms with E-state index in [1.54, 1.807) is 0 Å². The number of rotatable bonds is 6. The topological polar surface area (TPSA) is 12.5 Å². The maximum atomic E-state index is 5.71. The lowest BCUT2D eigenvalue weighted by Crippen LogP contribution is -2.18. The maximum absolute atomic E-state index is 5.71. The van der Waals surface area contributed by atoms with Crippen molar-refractivity contribution in [2.45, 2.75) is 25.9 Å². The summed E-state index contributed by atoms with van der Waals surface area (Å²) in [5, 5.41) is 0. The van der Waals surface area contributed by atoms with Gasteiger partial charge in [0, 0.05) is 13.1 Å². The second kappa shape index (κ2) is 6.58. The molecule has 1 aliphatic heterocycles. The van der Waals surface area contributed by atoms with Gasteiger partial charge in [-0.05, 0) is 42.6 Å². The van der Waals surface area contributed by atoms with Crippen molar-refractivity contribution in [3.63, 3.8) is 0 Å². The molecular weight excluding hydrogens is 246 g/mol. The zero-order chi connectivity index (χ0) is 13.6. The Morgan fingerprint density at radius 1 is 0.800 bits per heavy atom. The van der Waals surface area contributed by atoms with Crippen LogP contribution in [0.3, 0.4) is 0 Å². The van der Waals surface area contributed by atoms with Gasteiger partial charge >= 0.3 is 0 Å². The van der Waals surface area contributed by atoms with Crippen LogP contribution in [0.2, 0.25) is 0 Å². The molecule has 104 valence electrons. The average Bonchev–Trinajstić information content (AvgIpc) is 2.90. The number of fused-ring (bicyclic) bond motifs is 1. The highest BCUT2D eigenvalue weighted by molar-refractivity contribution is 5.30. The Balaban J connectivity index is 1.34. The molecule has 1 heterocycles. The molecule has 2 aromatic rings. The van der Waals surface area contributed by atoms with Crippen LogP contribution in [0.25, 0.3) is 0 Å². The van der Waals surface area contributed by atoms with Crippen LogP contribution in [0.5, 0.6) is 5.75 Å². The zero-order valence-electron chi connectivity index (χ0n) is 11.8. The Morgan fingerprint density at radius 2 is 1.45 bits per heavy atom. The molecule has 20 heavy (non-hydrogen) atoms. The summed E-state index contributed by atoms with van der Waals surface area (Å²) in [5.41, 5.74) is 2.99. The number of ether oxygens (including phenoxy) is 1. The van der Waals surface area contributed by atoms with Gasteiger partial charge in [0.1, 0.15) is 5.75 Å². The lowest BCUT2D eigenvalue weighted by atomic mass is 10.1. The molecule has 0 atom stereocenters. The van der Waals surface area contributed by atoms with E-state index in [-0.39, 0.29) is 0 Å². The smallest absolute Gasteiger partial charge is 0.119 e. The fourth-order valence-corrected chi connectivity index (χ4v) is 2.71. The number of para-hydroxylation sites is 1. The second-order valence-electron chi connectivity index (χ2n) is 5.35. The van der Waals surface area contributed by atoms with Crippen LogP contribution in [-0.2, 0) is 13.1 Å². The van der Waals surface area contributed by atoms with Gasteiger partial charge in [-0.2, -0.15) is 0 Å². The third-order valence-corrected chi connectivity index (χ3v) is 3.79. The van der Waals surface area contributed by atoms with Gasteiger partial charge in [0.05, 0.1) is 6.61 Å². The fraction of sp³-hybridized carbons (Fsp3) is 0.333. The highest BCUT2D eigenvalue weighted by atomic mass is 16.5. The summed E-state index contributed by atoms with van der Waals surface area (Å²) in [6.45, 7) is 4.18. The second-order valence-corrected chi connectivity index (χ2v) is 5.35. The van der Waals surface area contributed by atoms with Gasteiger partial charge in [-0.25, -0.2) is 0 Å². The van der Waals surface area contributed by atoms with Gasteiger partial charge in [-0.1, -0.05) is 42.5 Å². The number of benzene rings is 2. The molecule has 2 nitrogen and oxygen atoms in total. The first kappa shape index (κ1) is 13.2. The summed E-state index contributed by atoms with van der Waals surface area (Å²) in [7, 11) is 0. The summed E-state index contributed by atoms with van der Waals surface area (Å²) >= 11 is 0. The summed E-state index contributed by atoms with van der Waals surface area (Å²) in [6, 6.07) is 18.8. The molecule has 1 aliphatic rings. The summed E-state index contributed by atoms with van der Waals surface area (Å²) in [5.74, 6) is 0.973. The Kier molecular flexibility index (Phi) is 4.34. The first-order valence-electron chi connectivity index (χ1n) is 7.39. The van der Waals surface area contributed by atoms with E-state index in [4.69, 9.17) is 4.74 Å². The molecule has 0 radical (unpaired) electrons. The van der Waals surface area contributed by atoms with E-state index in [9.17, 15) is 0 Å². The Bertz CT molecular complexity index is 513. The normalized spacial score (nSPS) is 14.2. The van der Waals surface area contributed by atoms with Crippen molar-refractivity contribution in [2.75, 3.05) is 13.2 Å². The van der Waals surface area contributed by atoms with E-state index >= 15 is 0 Å². The molecule has 2 heteroatoms. The minimum Gasteiger partial charge on any atom is -0.494 e. The van der Waals surface area contributed by atoms with Gasteiger partial charge in [0.15, 0.2) is 0 Å². The molecular formula is C18H21NO. The molecule has 0 N–H and O–H groups in total. The van der Waals surface area contributed by atoms with E-state index in [1.807, 2.05) is 30.3 Å². The summed E-state index contributed by atoms with van der Waals surface area (Å²) in [6.07, 6.45) is 2.31. The van der Waals surface area contributed by atoms with Gasteiger partial charge in [0.25, 0.3) is 0 Å². The first-order chi connectivity index (χ1) is 9.92. The molecule has 0 aliphatic carbocycles. The molecule has 0 spiro atoms. The van der Waals surface area contributed by atoms with Crippen LogP contribution < -0.4 is 4.74 Å². The quantitative estimate of drug-likeness (QED) is 0.737. The van der Waals surface area contributed by atoms with E-state index in [0.29, 0.717) is 0 Å². The minimum atomic E-state index is 0.810. The van der Waals surface area contributed by atoms with Crippen molar-refractivity contribution in [3.05, 3.63) is 65.7 Å². The molecule has 3 rings (SSSR count). The van der Waals surface area contributed by atoms with E-state index < -0.39 is 0 Å². The Hall–Kier alpha value is -1.80. The van der Waals surface area contributed by atoms with Crippen molar-refractivity contribution < 1.29 is 4.74 Å². The highest BCUT2D eigenvalue weighted by Crippen LogP contribution is 2.22. The number of unbranched alkanes of at least 4 members (excludes halogenated alkanes) is 1. The van der Waals surface area contributed by atoms with Gasteiger partial charge < -0.3 is 4.74 Å². The molecule has 0 amide bonds. The Labute approximate surface area is 121 Å². The van der Waals surface area contributed by atoms with Crippen LogP contribution >= 0.6 is 0 Å². The monoisotopic (exact) mass is 267 g/mol. The fourth-order valence-electron chi connectivity index (χ4n) is 2.71. The van der Waals surface area contributed by atoms with Crippen LogP contribution in [0.15, 0.2) is 54.6 Å². The van der Waals surface area contributed by atoms with Crippen molar-refractivity contribution in [1.82, 2.24) is 4.90 Å². The zero-order valence-corrected chi connectivity index (χ0v) is 11.8. The number of hydrogen-bond donors (Lipinski definition) is 0. The van der Waals surface area contributed by atoms with Crippen molar-refractivity contribution in [1.29, 1.82) is 0 Å². The van der Waals surface area contributed by atoms with Crippen LogP contribution in [0, 0.1) is 0 Å². The maximum Gasteiger partial charge on any atom is 0.119 e. The lowest BCUT2D eigenvalue weighted by molar-refractivity contribution is 0.254. The molecule has 2 aromatic carbocycles. The lowest BCUT2D eigenvalue weighted by Gasteiger charge is -2.14. The van der Waals surface area contributed by atoms with Crippen LogP contribution in [0.1, 0.15) is 24.0 Å². The van der Waals surface area contributed by atoms with E-state index in [2.05, 4.69) is 29.2 Å². The predicted octanol–water partition coefficient (Wildman–Crippen LogP) is 3.86. The largest absolute Gasteiger partial charge is 0.494 e. The van der Waals surface area contributed by atoms with E-state index in [0.717, 1.165) is 38.4 Å². The van der Waals surface area contributed by atoms with Crippen molar-refractivity contribution >= 4 is 0 Å². The molecule has 0 unspecified atom stereocenters. The predicted molar refractivity (Wildman–Crippen MR) is 81.7 cm³/mol. The third kappa shape index (κ3) is 3.40. The first-order valence-corrected chi connectivity index (χ1v) is 7.39. The van der Waals surface area contributed by atoms with Gasteiger partial charge in [0.2, 0.25) is 0 Å². The standard InChI is InChI=1S/C18H21NO/c1-2-10-18(11-3-1)20-13-7-6-12-19-14-16-8-4-5-9-17(16)15-19/h1-5,8-11H,6-7,12-15H2. The number of hydrogen-bond acceptors (Lipinski definition) is 2. The van der Waals surface area contributed by atoms with Gasteiger partial charge in [-0.3, -0.25) is 4.90 Å². The number of nitrogens with zero attached hydrogens (tertiary/aromatic N) is 1. The molecule has 0 saturated heterocycles. The summed E-state index contributed by atoms with van der Waals surface area (Å²) in [4.78, 5) is 2.52. The highest BCUT2D eigenvalue weighted by Gasteiger charge is 2.16. The van der Waals surface area contributed by atoms with Crippen molar-refractivity contribution in [3.8, 4) is 5.75 Å². The molecule has 0 aromatic heterocycles. The minimum absolute atomic E-state index is 0.810. The van der Waals surface area contributed by atoms with Crippen LogP contribution in [-0.4, -0.2) is 18.1 Å². The van der Waals surface area contributed by atoms with E-state index in [1.165, 1.54) is 17.5 Å². The SMILES string of the molecule is c1ccc(OCCCCN2Cc3ccccc3C2)cc1.